The summed E-state index contributed by atoms with van der Waals surface area (Å²) < 4.78 is 10.9. The van der Waals surface area contributed by atoms with Crippen LogP contribution in [0.4, 0.5) is 0 Å². The van der Waals surface area contributed by atoms with Crippen molar-refractivity contribution in [2.75, 3.05) is 20.8 Å². The first-order chi connectivity index (χ1) is 10.4. The van der Waals surface area contributed by atoms with Crippen LogP contribution in [0.15, 0.2) is 29.8 Å². The zero-order valence-corrected chi connectivity index (χ0v) is 13.9. The Labute approximate surface area is 132 Å². The highest BCUT2D eigenvalue weighted by molar-refractivity contribution is 6.08. The molecule has 0 heterocycles. The molecule has 0 bridgehead atoms. The van der Waals surface area contributed by atoms with E-state index in [9.17, 15) is 4.79 Å². The Hall–Kier alpha value is -1.61. The highest BCUT2D eigenvalue weighted by Crippen LogP contribution is 2.55. The average Bonchev–Trinajstić information content (AvgIpc) is 2.50. The fraction of sp³-hybridized carbons (Fsp3) is 0.526. The molecule has 2 aliphatic carbocycles. The van der Waals surface area contributed by atoms with Crippen molar-refractivity contribution < 1.29 is 14.3 Å². The van der Waals surface area contributed by atoms with Crippen molar-refractivity contribution in [3.8, 4) is 5.75 Å². The number of methoxy groups -OCH3 is 2. The van der Waals surface area contributed by atoms with Gasteiger partial charge in [0.25, 0.3) is 0 Å². The third kappa shape index (κ3) is 2.11. The van der Waals surface area contributed by atoms with Crippen molar-refractivity contribution in [1.29, 1.82) is 0 Å². The molecule has 1 aromatic rings. The maximum absolute atomic E-state index is 12.6. The Morgan fingerprint density at radius 2 is 1.95 bits per heavy atom. The Morgan fingerprint density at radius 1 is 1.18 bits per heavy atom. The van der Waals surface area contributed by atoms with Crippen molar-refractivity contribution in [3.63, 3.8) is 0 Å². The van der Waals surface area contributed by atoms with E-state index < -0.39 is 0 Å². The fourth-order valence-corrected chi connectivity index (χ4v) is 4.38. The van der Waals surface area contributed by atoms with Gasteiger partial charge in [0.05, 0.1) is 13.7 Å². The molecule has 1 saturated carbocycles. The van der Waals surface area contributed by atoms with Gasteiger partial charge in [0.1, 0.15) is 5.75 Å². The molecule has 0 saturated heterocycles. The largest absolute Gasteiger partial charge is 0.497 e. The molecular formula is C19H24O3. The molecule has 1 unspecified atom stereocenters. The van der Waals surface area contributed by atoms with Gasteiger partial charge in [0.15, 0.2) is 5.78 Å². The van der Waals surface area contributed by atoms with Gasteiger partial charge in [-0.3, -0.25) is 4.79 Å². The van der Waals surface area contributed by atoms with E-state index >= 15 is 0 Å². The summed E-state index contributed by atoms with van der Waals surface area (Å²) in [4.78, 5) is 12.6. The molecule has 3 rings (SSSR count). The summed E-state index contributed by atoms with van der Waals surface area (Å²) in [5, 5.41) is 0. The first-order valence-electron chi connectivity index (χ1n) is 7.89. The van der Waals surface area contributed by atoms with Gasteiger partial charge < -0.3 is 9.47 Å². The van der Waals surface area contributed by atoms with E-state index in [1.807, 2.05) is 24.3 Å². The highest BCUT2D eigenvalue weighted by Gasteiger charge is 2.48. The summed E-state index contributed by atoms with van der Waals surface area (Å²) in [6.45, 7) is 5.13. The Kier molecular flexibility index (Phi) is 3.64. The number of allylic oxidation sites excluding steroid dienone is 1. The first kappa shape index (κ1) is 15.3. The van der Waals surface area contributed by atoms with Gasteiger partial charge in [0, 0.05) is 23.5 Å². The lowest BCUT2D eigenvalue weighted by Crippen LogP contribution is -2.44. The standard InChI is InChI=1S/C19H24O3/c1-18(12-21-3)8-5-9-19(2)15-10-13(22-4)6-7-14(15)16(20)11-17(18)19/h6-7,10-11H,5,8-9,12H2,1-4H3/t18-,19?/m1/s1. The van der Waals surface area contributed by atoms with Crippen LogP contribution in [0.2, 0.25) is 0 Å². The maximum Gasteiger partial charge on any atom is 0.186 e. The Balaban J connectivity index is 2.18. The van der Waals surface area contributed by atoms with Crippen LogP contribution in [0, 0.1) is 5.41 Å². The van der Waals surface area contributed by atoms with E-state index in [4.69, 9.17) is 9.47 Å². The van der Waals surface area contributed by atoms with Crippen molar-refractivity contribution in [1.82, 2.24) is 0 Å². The number of rotatable bonds is 3. The monoisotopic (exact) mass is 300 g/mol. The summed E-state index contributed by atoms with van der Waals surface area (Å²) in [6, 6.07) is 5.81. The number of ether oxygens (including phenoxy) is 2. The lowest BCUT2D eigenvalue weighted by atomic mass is 9.55. The number of carbonyl (C=O) groups excluding carboxylic acids is 1. The molecule has 3 nitrogen and oxygen atoms in total. The summed E-state index contributed by atoms with van der Waals surface area (Å²) >= 11 is 0. The van der Waals surface area contributed by atoms with E-state index in [1.165, 1.54) is 5.57 Å². The summed E-state index contributed by atoms with van der Waals surface area (Å²) in [6.07, 6.45) is 5.13. The van der Waals surface area contributed by atoms with E-state index in [0.717, 1.165) is 36.1 Å². The molecule has 22 heavy (non-hydrogen) atoms. The Bertz CT molecular complexity index is 642. The fourth-order valence-electron chi connectivity index (χ4n) is 4.38. The molecule has 2 aliphatic rings. The minimum Gasteiger partial charge on any atom is -0.497 e. The number of hydrogen-bond donors (Lipinski definition) is 0. The molecule has 3 heteroatoms. The van der Waals surface area contributed by atoms with Gasteiger partial charge in [-0.1, -0.05) is 20.3 Å². The smallest absolute Gasteiger partial charge is 0.186 e. The minimum atomic E-state index is -0.108. The molecular weight excluding hydrogens is 276 g/mol. The second-order valence-corrected chi connectivity index (χ2v) is 7.01. The summed E-state index contributed by atoms with van der Waals surface area (Å²) in [5.74, 6) is 0.919. The Morgan fingerprint density at radius 3 is 2.64 bits per heavy atom. The second kappa shape index (κ2) is 5.24. The predicted octanol–water partition coefficient (Wildman–Crippen LogP) is 3.91. The van der Waals surface area contributed by atoms with E-state index in [1.54, 1.807) is 14.2 Å². The van der Waals surface area contributed by atoms with Crippen molar-refractivity contribution in [2.45, 2.75) is 38.5 Å². The van der Waals surface area contributed by atoms with E-state index in [2.05, 4.69) is 13.8 Å². The molecule has 0 amide bonds. The lowest BCUT2D eigenvalue weighted by molar-refractivity contribution is 0.0797. The molecule has 0 aliphatic heterocycles. The van der Waals surface area contributed by atoms with Gasteiger partial charge in [-0.15, -0.1) is 0 Å². The molecule has 0 aromatic heterocycles. The van der Waals surface area contributed by atoms with Crippen LogP contribution in [0.5, 0.6) is 5.75 Å². The second-order valence-electron chi connectivity index (χ2n) is 7.01. The maximum atomic E-state index is 12.6. The van der Waals surface area contributed by atoms with Crippen LogP contribution in [-0.4, -0.2) is 26.6 Å². The van der Waals surface area contributed by atoms with Crippen molar-refractivity contribution in [3.05, 3.63) is 41.0 Å². The van der Waals surface area contributed by atoms with Gasteiger partial charge in [-0.25, -0.2) is 0 Å². The van der Waals surface area contributed by atoms with Gasteiger partial charge in [0.2, 0.25) is 0 Å². The molecule has 1 aromatic carbocycles. The normalized spacial score (nSPS) is 30.4. The summed E-state index contributed by atoms with van der Waals surface area (Å²) in [7, 11) is 3.40. The van der Waals surface area contributed by atoms with Crippen molar-refractivity contribution >= 4 is 5.78 Å². The number of ketones is 1. The van der Waals surface area contributed by atoms with Crippen LogP contribution in [0.1, 0.15) is 49.0 Å². The average molecular weight is 300 g/mol. The number of hydrogen-bond acceptors (Lipinski definition) is 3. The topological polar surface area (TPSA) is 35.5 Å². The third-order valence-electron chi connectivity index (χ3n) is 5.48. The zero-order chi connectivity index (χ0) is 16.0. The van der Waals surface area contributed by atoms with Crippen LogP contribution in [0.25, 0.3) is 0 Å². The van der Waals surface area contributed by atoms with Crippen LogP contribution < -0.4 is 4.74 Å². The highest BCUT2D eigenvalue weighted by atomic mass is 16.5. The van der Waals surface area contributed by atoms with Crippen molar-refractivity contribution in [2.24, 2.45) is 5.41 Å². The third-order valence-corrected chi connectivity index (χ3v) is 5.48. The van der Waals surface area contributed by atoms with Crippen LogP contribution in [0.3, 0.4) is 0 Å². The number of carbonyl (C=O) groups is 1. The van der Waals surface area contributed by atoms with E-state index in [0.29, 0.717) is 6.61 Å². The zero-order valence-electron chi connectivity index (χ0n) is 13.9. The summed E-state index contributed by atoms with van der Waals surface area (Å²) in [5.41, 5.74) is 2.96. The lowest BCUT2D eigenvalue weighted by Gasteiger charge is -2.49. The molecule has 118 valence electrons. The van der Waals surface area contributed by atoms with Crippen LogP contribution in [-0.2, 0) is 10.2 Å². The van der Waals surface area contributed by atoms with Gasteiger partial charge in [-0.2, -0.15) is 0 Å². The quantitative estimate of drug-likeness (QED) is 0.849. The molecule has 0 radical (unpaired) electrons. The molecule has 2 atom stereocenters. The number of benzene rings is 1. The van der Waals surface area contributed by atoms with E-state index in [-0.39, 0.29) is 16.6 Å². The number of fused-ring (bicyclic) bond motifs is 3. The van der Waals surface area contributed by atoms with Gasteiger partial charge >= 0.3 is 0 Å². The minimum absolute atomic E-state index is 0.0713. The van der Waals surface area contributed by atoms with Gasteiger partial charge in [-0.05, 0) is 48.3 Å². The SMILES string of the molecule is COC[C@@]1(C)CCCC2(C)C1=CC(=O)c1ccc(OC)cc12. The van der Waals surface area contributed by atoms with Crippen LogP contribution >= 0.6 is 0 Å². The molecule has 0 spiro atoms. The molecule has 0 N–H and O–H groups in total. The predicted molar refractivity (Wildman–Crippen MR) is 86.6 cm³/mol. The first-order valence-corrected chi connectivity index (χ1v) is 7.89. The molecule has 1 fully saturated rings.